The lowest BCUT2D eigenvalue weighted by Crippen LogP contribution is -2.25. The summed E-state index contributed by atoms with van der Waals surface area (Å²) in [6, 6.07) is 8.46. The Morgan fingerprint density at radius 1 is 1.17 bits per heavy atom. The van der Waals surface area contributed by atoms with Gasteiger partial charge >= 0.3 is 6.18 Å². The van der Waals surface area contributed by atoms with Gasteiger partial charge < -0.3 is 5.32 Å². The van der Waals surface area contributed by atoms with E-state index in [0.717, 1.165) is 18.6 Å². The summed E-state index contributed by atoms with van der Waals surface area (Å²) in [5, 5.41) is 14.1. The minimum absolute atomic E-state index is 0.227. The molecule has 0 radical (unpaired) electrons. The quantitative estimate of drug-likeness (QED) is 0.271. The second kappa shape index (κ2) is 11.2. The van der Waals surface area contributed by atoms with Gasteiger partial charge in [0.15, 0.2) is 11.0 Å². The summed E-state index contributed by atoms with van der Waals surface area (Å²) in [5.41, 5.74) is 0.527. The number of hydrogen-bond donors (Lipinski definition) is 1. The fourth-order valence-electron chi connectivity index (χ4n) is 3.28. The zero-order valence-electron chi connectivity index (χ0n) is 19.5. The summed E-state index contributed by atoms with van der Waals surface area (Å²) in [7, 11) is 0. The Morgan fingerprint density at radius 3 is 2.67 bits per heavy atom. The lowest BCUT2D eigenvalue weighted by atomic mass is 10.1. The zero-order chi connectivity index (χ0) is 25.7. The maximum atomic E-state index is 13.4. The number of alkyl halides is 3. The van der Waals surface area contributed by atoms with E-state index in [0.29, 0.717) is 45.5 Å². The molecule has 1 amide bonds. The van der Waals surface area contributed by atoms with E-state index in [9.17, 15) is 18.0 Å². The standard InChI is InChI=1S/C24H23F3N6OS2/c1-15(2)6-11-29-22(34)19-13-35-20(30-19)14-36-23-32-31-21(16-7-9-28-10-8-16)33(23)18-5-3-4-17(12-18)24(25,26)27/h3-5,7-10,12-13,15H,6,11,14H2,1-2H3,(H,29,34). The molecule has 1 aromatic carbocycles. The van der Waals surface area contributed by atoms with Crippen molar-refractivity contribution in [3.05, 3.63) is 70.4 Å². The molecule has 3 aromatic heterocycles. The highest BCUT2D eigenvalue weighted by molar-refractivity contribution is 7.98. The topological polar surface area (TPSA) is 85.6 Å². The van der Waals surface area contributed by atoms with Gasteiger partial charge in [0.05, 0.1) is 17.0 Å². The van der Waals surface area contributed by atoms with Crippen molar-refractivity contribution in [1.82, 2.24) is 30.0 Å². The molecule has 0 saturated heterocycles. The number of amides is 1. The molecule has 36 heavy (non-hydrogen) atoms. The molecule has 0 spiro atoms. The molecule has 0 aliphatic heterocycles. The van der Waals surface area contributed by atoms with E-state index < -0.39 is 11.7 Å². The summed E-state index contributed by atoms with van der Waals surface area (Å²) in [4.78, 5) is 20.7. The summed E-state index contributed by atoms with van der Waals surface area (Å²) < 4.78 is 41.8. The molecule has 1 N–H and O–H groups in total. The first-order chi connectivity index (χ1) is 17.2. The van der Waals surface area contributed by atoms with Crippen molar-refractivity contribution in [3.8, 4) is 17.1 Å². The van der Waals surface area contributed by atoms with Crippen LogP contribution >= 0.6 is 23.1 Å². The number of nitrogens with one attached hydrogen (secondary N) is 1. The predicted molar refractivity (Wildman–Crippen MR) is 133 cm³/mol. The van der Waals surface area contributed by atoms with Crippen LogP contribution in [0.5, 0.6) is 0 Å². The Morgan fingerprint density at radius 2 is 1.94 bits per heavy atom. The molecular formula is C24H23F3N6OS2. The van der Waals surface area contributed by atoms with E-state index in [4.69, 9.17) is 0 Å². The molecular weight excluding hydrogens is 509 g/mol. The number of benzene rings is 1. The van der Waals surface area contributed by atoms with Crippen molar-refractivity contribution in [1.29, 1.82) is 0 Å². The van der Waals surface area contributed by atoms with Crippen LogP contribution in [0.25, 0.3) is 17.1 Å². The molecule has 0 saturated carbocycles. The minimum atomic E-state index is -4.48. The van der Waals surface area contributed by atoms with Gasteiger partial charge in [0.25, 0.3) is 5.91 Å². The van der Waals surface area contributed by atoms with Crippen molar-refractivity contribution < 1.29 is 18.0 Å². The Bertz CT molecular complexity index is 1320. The van der Waals surface area contributed by atoms with Crippen LogP contribution in [0.4, 0.5) is 13.2 Å². The second-order valence-electron chi connectivity index (χ2n) is 8.28. The number of thioether (sulfide) groups is 1. The molecule has 0 bridgehead atoms. The molecule has 0 unspecified atom stereocenters. The number of aromatic nitrogens is 5. The van der Waals surface area contributed by atoms with Gasteiger partial charge in [-0.2, -0.15) is 13.2 Å². The van der Waals surface area contributed by atoms with E-state index in [-0.39, 0.29) is 11.6 Å². The Hall–Kier alpha value is -3.25. The van der Waals surface area contributed by atoms with Gasteiger partial charge in [0, 0.05) is 29.9 Å². The molecule has 7 nitrogen and oxygen atoms in total. The molecule has 0 atom stereocenters. The number of halogens is 3. The fraction of sp³-hybridized carbons (Fsp3) is 0.292. The SMILES string of the molecule is CC(C)CCNC(=O)c1csc(CSc2nnc(-c3ccncc3)n2-c2cccc(C(F)(F)F)c2)n1. The van der Waals surface area contributed by atoms with E-state index in [1.165, 1.54) is 29.2 Å². The average Bonchev–Trinajstić information content (AvgIpc) is 3.50. The van der Waals surface area contributed by atoms with Crippen molar-refractivity contribution in [2.24, 2.45) is 5.92 Å². The molecule has 3 heterocycles. The average molecular weight is 533 g/mol. The smallest absolute Gasteiger partial charge is 0.351 e. The highest BCUT2D eigenvalue weighted by atomic mass is 32.2. The van der Waals surface area contributed by atoms with Gasteiger partial charge in [0.1, 0.15) is 10.7 Å². The Balaban J connectivity index is 1.58. The summed E-state index contributed by atoms with van der Waals surface area (Å²) in [5.74, 6) is 1.02. The second-order valence-corrected chi connectivity index (χ2v) is 10.2. The van der Waals surface area contributed by atoms with E-state index in [2.05, 4.69) is 39.3 Å². The van der Waals surface area contributed by atoms with Crippen LogP contribution in [0.1, 0.15) is 41.3 Å². The van der Waals surface area contributed by atoms with Crippen LogP contribution in [-0.2, 0) is 11.9 Å². The first kappa shape index (κ1) is 25.8. The third-order valence-corrected chi connectivity index (χ3v) is 7.09. The van der Waals surface area contributed by atoms with E-state index in [1.807, 2.05) is 0 Å². The molecule has 4 aromatic rings. The fourth-order valence-corrected chi connectivity index (χ4v) is 5.02. The van der Waals surface area contributed by atoms with Crippen LogP contribution in [-0.4, -0.2) is 37.2 Å². The monoisotopic (exact) mass is 532 g/mol. The van der Waals surface area contributed by atoms with E-state index >= 15 is 0 Å². The molecule has 12 heteroatoms. The Labute approximate surface area is 214 Å². The highest BCUT2D eigenvalue weighted by Crippen LogP contribution is 2.34. The third kappa shape index (κ3) is 6.30. The van der Waals surface area contributed by atoms with Gasteiger partial charge in [-0.15, -0.1) is 21.5 Å². The first-order valence-electron chi connectivity index (χ1n) is 11.1. The normalized spacial score (nSPS) is 11.7. The maximum absolute atomic E-state index is 13.4. The van der Waals surface area contributed by atoms with E-state index in [1.54, 1.807) is 40.5 Å². The van der Waals surface area contributed by atoms with Crippen LogP contribution in [0, 0.1) is 5.92 Å². The zero-order valence-corrected chi connectivity index (χ0v) is 21.1. The lowest BCUT2D eigenvalue weighted by molar-refractivity contribution is -0.137. The minimum Gasteiger partial charge on any atom is -0.351 e. The van der Waals surface area contributed by atoms with Crippen molar-refractivity contribution in [2.75, 3.05) is 6.54 Å². The van der Waals surface area contributed by atoms with Gasteiger partial charge in [-0.25, -0.2) is 4.98 Å². The maximum Gasteiger partial charge on any atom is 0.416 e. The highest BCUT2D eigenvalue weighted by Gasteiger charge is 2.31. The summed E-state index contributed by atoms with van der Waals surface area (Å²) >= 11 is 2.62. The number of carbonyl (C=O) groups is 1. The number of rotatable bonds is 9. The van der Waals surface area contributed by atoms with Gasteiger partial charge in [-0.05, 0) is 42.7 Å². The predicted octanol–water partition coefficient (Wildman–Crippen LogP) is 5.87. The van der Waals surface area contributed by atoms with Gasteiger partial charge in [-0.1, -0.05) is 31.7 Å². The van der Waals surface area contributed by atoms with Crippen molar-refractivity contribution in [3.63, 3.8) is 0 Å². The van der Waals surface area contributed by atoms with Gasteiger partial charge in [-0.3, -0.25) is 14.3 Å². The van der Waals surface area contributed by atoms with Crippen LogP contribution < -0.4 is 5.32 Å². The number of hydrogen-bond acceptors (Lipinski definition) is 7. The molecule has 0 aliphatic carbocycles. The molecule has 0 aliphatic rings. The van der Waals surface area contributed by atoms with Crippen LogP contribution in [0.15, 0.2) is 59.3 Å². The van der Waals surface area contributed by atoms with Crippen molar-refractivity contribution in [2.45, 2.75) is 37.4 Å². The first-order valence-corrected chi connectivity index (χ1v) is 13.0. The molecule has 188 valence electrons. The number of thiazole rings is 1. The Kier molecular flexibility index (Phi) is 8.04. The third-order valence-electron chi connectivity index (χ3n) is 5.12. The lowest BCUT2D eigenvalue weighted by Gasteiger charge is -2.13. The molecule has 4 rings (SSSR count). The summed E-state index contributed by atoms with van der Waals surface area (Å²) in [6.45, 7) is 4.75. The number of pyridine rings is 1. The van der Waals surface area contributed by atoms with Crippen molar-refractivity contribution >= 4 is 29.0 Å². The largest absolute Gasteiger partial charge is 0.416 e. The number of carbonyl (C=O) groups excluding carboxylic acids is 1. The molecule has 0 fully saturated rings. The van der Waals surface area contributed by atoms with Gasteiger partial charge in [0.2, 0.25) is 0 Å². The van der Waals surface area contributed by atoms with Crippen LogP contribution in [0.3, 0.4) is 0 Å². The summed E-state index contributed by atoms with van der Waals surface area (Å²) in [6.07, 6.45) is -0.446. The number of nitrogens with zero attached hydrogens (tertiary/aromatic N) is 5. The van der Waals surface area contributed by atoms with Crippen LogP contribution in [0.2, 0.25) is 0 Å².